The third kappa shape index (κ3) is 6.08. The zero-order valence-corrected chi connectivity index (χ0v) is 21.1. The van der Waals surface area contributed by atoms with Gasteiger partial charge in [0.15, 0.2) is 0 Å². The number of benzene rings is 2. The van der Waals surface area contributed by atoms with E-state index in [0.29, 0.717) is 37.8 Å². The number of aromatic nitrogens is 2. The van der Waals surface area contributed by atoms with Gasteiger partial charge in [0.25, 0.3) is 0 Å². The van der Waals surface area contributed by atoms with Crippen LogP contribution in [0.1, 0.15) is 19.7 Å². The van der Waals surface area contributed by atoms with Gasteiger partial charge in [0.2, 0.25) is 5.91 Å². The van der Waals surface area contributed by atoms with Crippen LogP contribution in [0.15, 0.2) is 53.4 Å². The van der Waals surface area contributed by atoms with Crippen LogP contribution in [0.3, 0.4) is 0 Å². The third-order valence-corrected chi connectivity index (χ3v) is 7.36. The Balaban J connectivity index is 1.36. The fraction of sp³-hybridized carbons (Fsp3) is 0.400. The molecule has 2 N–H and O–H groups in total. The maximum atomic E-state index is 13.4. The second-order valence-corrected chi connectivity index (χ2v) is 10.5. The third-order valence-electron chi connectivity index (χ3n) is 6.29. The number of nitrogens with one attached hydrogen (secondary N) is 2. The summed E-state index contributed by atoms with van der Waals surface area (Å²) in [4.78, 5) is 25.9. The Morgan fingerprint density at radius 2 is 1.81 bits per heavy atom. The molecule has 3 aromatic rings. The molecule has 2 aliphatic heterocycles. The number of fused-ring (bicyclic) bond motifs is 5. The fourth-order valence-electron chi connectivity index (χ4n) is 4.48. The van der Waals surface area contributed by atoms with E-state index in [0.717, 1.165) is 15.8 Å². The Bertz CT molecular complexity index is 1270. The molecule has 12 heteroatoms. The van der Waals surface area contributed by atoms with Gasteiger partial charge in [0.1, 0.15) is 23.4 Å². The summed E-state index contributed by atoms with van der Waals surface area (Å²) in [5, 5.41) is 7.42. The first kappa shape index (κ1) is 25.6. The van der Waals surface area contributed by atoms with Gasteiger partial charge in [-0.15, -0.1) is 13.2 Å². The molecule has 1 saturated heterocycles. The lowest BCUT2D eigenvalue weighted by atomic mass is 10.0. The molecule has 1 amide bonds. The van der Waals surface area contributed by atoms with Gasteiger partial charge in [-0.3, -0.25) is 9.69 Å². The van der Waals surface area contributed by atoms with E-state index >= 15 is 0 Å². The number of piperazine rings is 1. The Morgan fingerprint density at radius 1 is 1.05 bits per heavy atom. The number of carbonyl (C=O) groups is 1. The molecule has 0 radical (unpaired) electrons. The quantitative estimate of drug-likeness (QED) is 0.483. The van der Waals surface area contributed by atoms with Crippen LogP contribution in [0.5, 0.6) is 5.75 Å². The van der Waals surface area contributed by atoms with Crippen molar-refractivity contribution in [2.75, 3.05) is 25.0 Å². The number of rotatable bonds is 4. The maximum absolute atomic E-state index is 13.4. The van der Waals surface area contributed by atoms with Crippen LogP contribution in [0.4, 0.5) is 19.0 Å². The number of halogens is 3. The molecule has 8 nitrogen and oxygen atoms in total. The van der Waals surface area contributed by atoms with Crippen LogP contribution >= 0.6 is 11.9 Å². The zero-order valence-electron chi connectivity index (χ0n) is 20.3. The van der Waals surface area contributed by atoms with Crippen molar-refractivity contribution in [2.45, 2.75) is 43.9 Å². The monoisotopic (exact) mass is 532 g/mol. The molecule has 1 unspecified atom stereocenters. The van der Waals surface area contributed by atoms with E-state index in [9.17, 15) is 18.0 Å². The smallest absolute Gasteiger partial charge is 0.406 e. The highest BCUT2D eigenvalue weighted by Crippen LogP contribution is 2.30. The van der Waals surface area contributed by atoms with E-state index in [1.54, 1.807) is 12.1 Å². The van der Waals surface area contributed by atoms with Gasteiger partial charge in [0.05, 0.1) is 18.2 Å². The van der Waals surface area contributed by atoms with Gasteiger partial charge < -0.3 is 15.4 Å². The summed E-state index contributed by atoms with van der Waals surface area (Å²) in [5.74, 6) is 0.961. The van der Waals surface area contributed by atoms with Crippen molar-refractivity contribution >= 4 is 34.6 Å². The fourth-order valence-corrected chi connectivity index (χ4v) is 5.42. The molecule has 0 aliphatic carbocycles. The molecule has 0 saturated carbocycles. The standard InChI is InChI=1S/C25H27F3N6O2S/c1-15(2)22-24(35)31-21-14-34(37-17-9-7-16(8-10-17)36-25(26,27)28)12-11-33(21)13-20-29-19-6-4-3-5-18(19)23(30-20)32-22/h3-10,15,21-22H,11-14H2,1-2H3,(H,31,35)(H,29,30,32)/t21?,22-/m0/s1. The maximum Gasteiger partial charge on any atom is 0.573 e. The molecular weight excluding hydrogens is 505 g/mol. The average Bonchev–Trinajstić information content (AvgIpc) is 2.83. The first-order chi connectivity index (χ1) is 17.6. The minimum atomic E-state index is -4.72. The number of para-hydroxylation sites is 1. The lowest BCUT2D eigenvalue weighted by Crippen LogP contribution is -2.61. The van der Waals surface area contributed by atoms with Crippen molar-refractivity contribution in [3.05, 3.63) is 54.4 Å². The minimum absolute atomic E-state index is 0.0107. The van der Waals surface area contributed by atoms with E-state index in [2.05, 4.69) is 24.6 Å². The van der Waals surface area contributed by atoms with Gasteiger partial charge >= 0.3 is 6.36 Å². The summed E-state index contributed by atoms with van der Waals surface area (Å²) in [6.07, 6.45) is -5.02. The van der Waals surface area contributed by atoms with Gasteiger partial charge in [0, 0.05) is 29.9 Å². The highest BCUT2D eigenvalue weighted by molar-refractivity contribution is 7.97. The first-order valence-electron chi connectivity index (χ1n) is 12.0. The van der Waals surface area contributed by atoms with Crippen LogP contribution in [-0.4, -0.2) is 63.3 Å². The minimum Gasteiger partial charge on any atom is -0.406 e. The number of hydrogen-bond donors (Lipinski definition) is 2. The van der Waals surface area contributed by atoms with Crippen LogP contribution in [0.25, 0.3) is 10.9 Å². The largest absolute Gasteiger partial charge is 0.573 e. The summed E-state index contributed by atoms with van der Waals surface area (Å²) in [6.45, 7) is 6.30. The van der Waals surface area contributed by atoms with E-state index in [-0.39, 0.29) is 23.7 Å². The van der Waals surface area contributed by atoms with Crippen LogP contribution in [0.2, 0.25) is 0 Å². The molecule has 2 atom stereocenters. The molecular formula is C25H27F3N6O2S. The van der Waals surface area contributed by atoms with Crippen molar-refractivity contribution in [3.63, 3.8) is 0 Å². The SMILES string of the molecule is CC(C)[C@@H]1Nc2nc(nc3ccccc23)CN2CCN(Sc3ccc(OC(F)(F)F)cc3)CC2NC1=O. The van der Waals surface area contributed by atoms with Crippen molar-refractivity contribution in [1.82, 2.24) is 24.5 Å². The van der Waals surface area contributed by atoms with Crippen LogP contribution in [0, 0.1) is 5.92 Å². The number of nitrogens with zero attached hydrogens (tertiary/aromatic N) is 4. The second-order valence-electron chi connectivity index (χ2n) is 9.36. The number of hydrogen-bond acceptors (Lipinski definition) is 8. The normalized spacial score (nSPS) is 21.3. The number of alkyl halides is 3. The second kappa shape index (κ2) is 10.3. The average molecular weight is 533 g/mol. The lowest BCUT2D eigenvalue weighted by Gasteiger charge is -2.42. The van der Waals surface area contributed by atoms with Gasteiger partial charge in [-0.2, -0.15) is 0 Å². The van der Waals surface area contributed by atoms with Gasteiger partial charge in [-0.05, 0) is 54.3 Å². The number of anilines is 1. The zero-order chi connectivity index (χ0) is 26.2. The number of carbonyl (C=O) groups excluding carboxylic acids is 1. The first-order valence-corrected chi connectivity index (χ1v) is 12.8. The molecule has 2 bridgehead atoms. The molecule has 2 aliphatic rings. The van der Waals surface area contributed by atoms with Crippen molar-refractivity contribution in [1.29, 1.82) is 0 Å². The van der Waals surface area contributed by atoms with E-state index < -0.39 is 12.4 Å². The molecule has 2 aromatic carbocycles. The lowest BCUT2D eigenvalue weighted by molar-refractivity contribution is -0.274. The predicted molar refractivity (Wildman–Crippen MR) is 135 cm³/mol. The Kier molecular flexibility index (Phi) is 7.15. The molecule has 5 rings (SSSR count). The van der Waals surface area contributed by atoms with Crippen molar-refractivity contribution < 1.29 is 22.7 Å². The molecule has 1 aromatic heterocycles. The Morgan fingerprint density at radius 3 is 2.54 bits per heavy atom. The molecule has 0 spiro atoms. The predicted octanol–water partition coefficient (Wildman–Crippen LogP) is 4.25. The summed E-state index contributed by atoms with van der Waals surface area (Å²) >= 11 is 1.43. The van der Waals surface area contributed by atoms with Crippen LogP contribution in [-0.2, 0) is 11.3 Å². The van der Waals surface area contributed by atoms with Crippen LogP contribution < -0.4 is 15.4 Å². The van der Waals surface area contributed by atoms with Gasteiger partial charge in [-0.25, -0.2) is 14.3 Å². The number of amides is 1. The van der Waals surface area contributed by atoms with Crippen molar-refractivity contribution in [3.8, 4) is 5.75 Å². The van der Waals surface area contributed by atoms with Crippen molar-refractivity contribution in [2.24, 2.45) is 5.92 Å². The summed E-state index contributed by atoms with van der Waals surface area (Å²) < 4.78 is 43.4. The van der Waals surface area contributed by atoms with Gasteiger partial charge in [-0.1, -0.05) is 26.0 Å². The Labute approximate surface area is 216 Å². The van der Waals surface area contributed by atoms with E-state index in [4.69, 9.17) is 9.97 Å². The number of ether oxygens (including phenoxy) is 1. The summed E-state index contributed by atoms with van der Waals surface area (Å²) in [6, 6.07) is 13.0. The summed E-state index contributed by atoms with van der Waals surface area (Å²) in [7, 11) is 0. The van der Waals surface area contributed by atoms with E-state index in [1.807, 2.05) is 38.1 Å². The summed E-state index contributed by atoms with van der Waals surface area (Å²) in [5.41, 5.74) is 0.821. The molecule has 37 heavy (non-hydrogen) atoms. The highest BCUT2D eigenvalue weighted by Gasteiger charge is 2.34. The molecule has 3 heterocycles. The molecule has 196 valence electrons. The molecule has 1 fully saturated rings. The van der Waals surface area contributed by atoms with E-state index in [1.165, 1.54) is 24.1 Å². The highest BCUT2D eigenvalue weighted by atomic mass is 32.2. The topological polar surface area (TPSA) is 82.6 Å². The Hall–Kier alpha value is -3.09.